The van der Waals surface area contributed by atoms with E-state index in [1.165, 1.54) is 6.20 Å². The highest BCUT2D eigenvalue weighted by Gasteiger charge is 2.18. The third-order valence-corrected chi connectivity index (χ3v) is 2.13. The van der Waals surface area contributed by atoms with Crippen molar-refractivity contribution in [2.24, 2.45) is 0 Å². The predicted molar refractivity (Wildman–Crippen MR) is 52.4 cm³/mol. The molecule has 0 bridgehead atoms. The van der Waals surface area contributed by atoms with E-state index >= 15 is 0 Å². The number of rotatable bonds is 0. The van der Waals surface area contributed by atoms with Crippen molar-refractivity contribution in [3.8, 4) is 17.0 Å². The highest BCUT2D eigenvalue weighted by molar-refractivity contribution is 5.83. The number of phenolic OH excluding ortho intramolecular Hbond substituents is 1. The fourth-order valence-electron chi connectivity index (χ4n) is 1.32. The van der Waals surface area contributed by atoms with Gasteiger partial charge in [-0.2, -0.15) is 4.73 Å². The zero-order valence-electron chi connectivity index (χ0n) is 7.60. The first-order valence-corrected chi connectivity index (χ1v) is 4.04. The fourth-order valence-corrected chi connectivity index (χ4v) is 1.32. The van der Waals surface area contributed by atoms with Gasteiger partial charge in [-0.3, -0.25) is 5.41 Å². The molecule has 7 nitrogen and oxygen atoms in total. The molecule has 0 spiro atoms. The van der Waals surface area contributed by atoms with Gasteiger partial charge in [0.2, 0.25) is 0 Å². The van der Waals surface area contributed by atoms with Crippen LogP contribution < -0.4 is 16.8 Å². The second-order valence-electron chi connectivity index (χ2n) is 3.07. The number of nitrogen functional groups attached to an aromatic ring is 2. The monoisotopic (exact) mass is 207 g/mol. The van der Waals surface area contributed by atoms with Crippen molar-refractivity contribution in [3.63, 3.8) is 0 Å². The summed E-state index contributed by atoms with van der Waals surface area (Å²) in [6.45, 7) is 0. The average molecular weight is 207 g/mol. The number of aromatic hydroxyl groups is 1. The first-order valence-electron chi connectivity index (χ1n) is 4.04. The van der Waals surface area contributed by atoms with Gasteiger partial charge in [0.05, 0.1) is 22.8 Å². The van der Waals surface area contributed by atoms with Crippen molar-refractivity contribution < 1.29 is 10.3 Å². The van der Waals surface area contributed by atoms with Gasteiger partial charge in [-0.25, -0.2) is 4.98 Å². The number of aromatic nitrogens is 2. The molecule has 0 fully saturated rings. The predicted octanol–water partition coefficient (Wildman–Crippen LogP) is -0.425. The molecule has 2 aliphatic rings. The van der Waals surface area contributed by atoms with Crippen molar-refractivity contribution >= 4 is 11.4 Å². The van der Waals surface area contributed by atoms with Gasteiger partial charge in [0.15, 0.2) is 5.75 Å². The van der Waals surface area contributed by atoms with E-state index in [9.17, 15) is 5.11 Å². The summed E-state index contributed by atoms with van der Waals surface area (Å²) >= 11 is 0. The van der Waals surface area contributed by atoms with Crippen LogP contribution in [0, 0.1) is 5.41 Å². The van der Waals surface area contributed by atoms with Crippen LogP contribution in [0.2, 0.25) is 0 Å². The van der Waals surface area contributed by atoms with Crippen LogP contribution in [0.3, 0.4) is 0 Å². The Labute approximate surface area is 84.0 Å². The Morgan fingerprint density at radius 1 is 1.33 bits per heavy atom. The van der Waals surface area contributed by atoms with Gasteiger partial charge in [0, 0.05) is 0 Å². The van der Waals surface area contributed by atoms with E-state index in [4.69, 9.17) is 22.1 Å². The summed E-state index contributed by atoms with van der Waals surface area (Å²) < 4.78 is 0.676. The lowest BCUT2D eigenvalue weighted by Gasteiger charge is -2.12. The first kappa shape index (κ1) is 9.13. The Balaban J connectivity index is 3.01. The number of benzene rings is 1. The number of hydrogen-bond donors (Lipinski definition) is 5. The van der Waals surface area contributed by atoms with Gasteiger partial charge in [-0.1, -0.05) is 0 Å². The number of hydrogen-bond acceptors (Lipinski definition) is 6. The molecular weight excluding hydrogens is 198 g/mol. The normalized spacial score (nSPS) is 10.7. The molecule has 0 aromatic heterocycles. The highest BCUT2D eigenvalue weighted by atomic mass is 16.5. The summed E-state index contributed by atoms with van der Waals surface area (Å²) in [6, 6.07) is 0. The summed E-state index contributed by atoms with van der Waals surface area (Å²) in [4.78, 5) is 3.75. The highest BCUT2D eigenvalue weighted by Crippen LogP contribution is 2.34. The molecule has 0 unspecified atom stereocenters. The van der Waals surface area contributed by atoms with Gasteiger partial charge >= 0.3 is 0 Å². The van der Waals surface area contributed by atoms with Crippen molar-refractivity contribution in [2.45, 2.75) is 0 Å². The molecule has 0 amide bonds. The molecule has 1 aliphatic heterocycles. The average Bonchev–Trinajstić information content (AvgIpc) is 2.23. The largest absolute Gasteiger partial charge is 0.504 e. The molecular formula is C8H9N5O2. The van der Waals surface area contributed by atoms with Gasteiger partial charge in [-0.05, 0) is 0 Å². The lowest BCUT2D eigenvalue weighted by molar-refractivity contribution is 0.181. The molecule has 1 aliphatic carbocycles. The smallest absolute Gasteiger partial charge is 0.167 e. The van der Waals surface area contributed by atoms with Crippen LogP contribution in [-0.4, -0.2) is 20.0 Å². The van der Waals surface area contributed by atoms with E-state index in [0.29, 0.717) is 4.73 Å². The lowest BCUT2D eigenvalue weighted by atomic mass is 10.1. The van der Waals surface area contributed by atoms with E-state index in [2.05, 4.69) is 4.98 Å². The minimum absolute atomic E-state index is 0.0343. The maximum absolute atomic E-state index is 9.61. The number of anilines is 2. The van der Waals surface area contributed by atoms with Crippen LogP contribution in [0.15, 0.2) is 12.5 Å². The third kappa shape index (κ3) is 1.13. The quantitative estimate of drug-likeness (QED) is 0.227. The summed E-state index contributed by atoms with van der Waals surface area (Å²) in [5, 5.41) is 26.3. The Hall–Kier alpha value is -2.44. The number of nitrogens with zero attached hydrogens (tertiary/aromatic N) is 2. The molecule has 2 rings (SSSR count). The van der Waals surface area contributed by atoms with Crippen molar-refractivity contribution in [2.75, 3.05) is 11.5 Å². The summed E-state index contributed by atoms with van der Waals surface area (Å²) in [5.41, 5.74) is 11.2. The topological polar surface area (TPSA) is 134 Å². The molecule has 7 N–H and O–H groups in total. The molecule has 0 aromatic carbocycles. The number of fused-ring (bicyclic) bond motifs is 1. The number of nitrogens with one attached hydrogen (secondary N) is 1. The van der Waals surface area contributed by atoms with Crippen molar-refractivity contribution in [1.29, 1.82) is 5.41 Å². The van der Waals surface area contributed by atoms with Crippen LogP contribution in [0.25, 0.3) is 11.3 Å². The molecule has 0 radical (unpaired) electrons. The van der Waals surface area contributed by atoms with E-state index < -0.39 is 0 Å². The number of nitrogens with two attached hydrogens (primary N) is 2. The zero-order chi connectivity index (χ0) is 11.2. The molecule has 0 atom stereocenters. The van der Waals surface area contributed by atoms with Crippen molar-refractivity contribution in [1.82, 2.24) is 9.71 Å². The Morgan fingerprint density at radius 3 is 2.67 bits per heavy atom. The third-order valence-electron chi connectivity index (χ3n) is 2.13. The molecule has 1 heterocycles. The Kier molecular flexibility index (Phi) is 1.69. The lowest BCUT2D eigenvalue weighted by Crippen LogP contribution is -2.17. The SMILES string of the molecule is N=c1c2cn(O)cnc-2c(O)c(N)c1N. The molecule has 0 saturated heterocycles. The van der Waals surface area contributed by atoms with Crippen LogP contribution in [0.1, 0.15) is 0 Å². The summed E-state index contributed by atoms with van der Waals surface area (Å²) in [7, 11) is 0. The molecule has 7 heteroatoms. The minimum Gasteiger partial charge on any atom is -0.504 e. The van der Waals surface area contributed by atoms with Crippen LogP contribution in [0.4, 0.5) is 11.4 Å². The van der Waals surface area contributed by atoms with Gasteiger partial charge < -0.3 is 21.8 Å². The van der Waals surface area contributed by atoms with E-state index in [1.807, 2.05) is 0 Å². The minimum atomic E-state index is -0.279. The maximum Gasteiger partial charge on any atom is 0.167 e. The zero-order valence-corrected chi connectivity index (χ0v) is 7.60. The summed E-state index contributed by atoms with van der Waals surface area (Å²) in [5.74, 6) is -0.279. The Bertz CT molecular complexity index is 562. The molecule has 15 heavy (non-hydrogen) atoms. The van der Waals surface area contributed by atoms with E-state index in [0.717, 1.165) is 6.33 Å². The second-order valence-corrected chi connectivity index (χ2v) is 3.07. The second kappa shape index (κ2) is 2.77. The van der Waals surface area contributed by atoms with Crippen LogP contribution >= 0.6 is 0 Å². The van der Waals surface area contributed by atoms with Gasteiger partial charge in [0.25, 0.3) is 0 Å². The molecule has 78 valence electrons. The Morgan fingerprint density at radius 2 is 2.00 bits per heavy atom. The number of phenols is 1. The summed E-state index contributed by atoms with van der Waals surface area (Å²) in [6.07, 6.45) is 2.30. The van der Waals surface area contributed by atoms with Crippen molar-refractivity contribution in [3.05, 3.63) is 17.9 Å². The van der Waals surface area contributed by atoms with Gasteiger partial charge in [-0.15, -0.1) is 0 Å². The van der Waals surface area contributed by atoms with Crippen LogP contribution in [-0.2, 0) is 0 Å². The first-order chi connectivity index (χ1) is 7.02. The van der Waals surface area contributed by atoms with E-state index in [-0.39, 0.29) is 33.7 Å². The van der Waals surface area contributed by atoms with Crippen LogP contribution in [0.5, 0.6) is 5.75 Å². The molecule has 0 aromatic rings. The van der Waals surface area contributed by atoms with E-state index in [1.54, 1.807) is 0 Å². The molecule has 0 saturated carbocycles. The fraction of sp³-hybridized carbons (Fsp3) is 0. The standard InChI is InChI=1S/C8H9N5O2/c9-4-3-1-13(15)2-12-7(3)8(14)6(11)5(4)10/h1-2,9,14-15H,10-11H2. The van der Waals surface area contributed by atoms with Gasteiger partial charge in [0.1, 0.15) is 17.7 Å². The maximum atomic E-state index is 9.61.